The van der Waals surface area contributed by atoms with Crippen LogP contribution in [0, 0.1) is 0 Å². The van der Waals surface area contributed by atoms with E-state index < -0.39 is 0 Å². The molecule has 1 aromatic carbocycles. The van der Waals surface area contributed by atoms with Crippen LogP contribution in [0.2, 0.25) is 0 Å². The van der Waals surface area contributed by atoms with E-state index in [4.69, 9.17) is 4.84 Å². The molecule has 0 bridgehead atoms. The maximum absolute atomic E-state index is 11.9. The van der Waals surface area contributed by atoms with Crippen LogP contribution in [0.5, 0.6) is 0 Å². The number of likely N-dealkylation sites (N-methyl/N-ethyl adjacent to an activating group) is 1. The quantitative estimate of drug-likeness (QED) is 0.717. The van der Waals surface area contributed by atoms with Crippen LogP contribution in [0.25, 0.3) is 0 Å². The van der Waals surface area contributed by atoms with E-state index in [1.54, 1.807) is 18.8 Å². The molecule has 0 saturated heterocycles. The van der Waals surface area contributed by atoms with Crippen LogP contribution in [-0.2, 0) is 9.63 Å². The Morgan fingerprint density at radius 1 is 1.53 bits per heavy atom. The van der Waals surface area contributed by atoms with Gasteiger partial charge < -0.3 is 0 Å². The standard InChI is InChI=1S/C11H13NO2S/c1-12(14-2)11(13)9-7-15-10-6-4-3-5-8(9)10/h3-6,9H,7H2,1-2H3. The van der Waals surface area contributed by atoms with Gasteiger partial charge in [0.2, 0.25) is 0 Å². The third-order valence-corrected chi connectivity index (χ3v) is 3.77. The lowest BCUT2D eigenvalue weighted by molar-refractivity contribution is -0.169. The van der Waals surface area contributed by atoms with E-state index in [2.05, 4.69) is 6.07 Å². The zero-order valence-corrected chi connectivity index (χ0v) is 9.58. The fraction of sp³-hybridized carbons (Fsp3) is 0.364. The van der Waals surface area contributed by atoms with Gasteiger partial charge >= 0.3 is 0 Å². The molecule has 1 aliphatic rings. The van der Waals surface area contributed by atoms with E-state index >= 15 is 0 Å². The maximum Gasteiger partial charge on any atom is 0.254 e. The Bertz CT molecular complexity index is 381. The fourth-order valence-corrected chi connectivity index (χ4v) is 2.90. The Labute approximate surface area is 93.4 Å². The number of carbonyl (C=O) groups is 1. The van der Waals surface area contributed by atoms with Crippen LogP contribution in [0.15, 0.2) is 29.2 Å². The van der Waals surface area contributed by atoms with Gasteiger partial charge in [0.05, 0.1) is 13.0 Å². The molecule has 1 heterocycles. The second kappa shape index (κ2) is 4.24. The number of carbonyl (C=O) groups excluding carboxylic acids is 1. The van der Waals surface area contributed by atoms with Crippen molar-refractivity contribution in [1.82, 2.24) is 5.06 Å². The first-order valence-corrected chi connectivity index (χ1v) is 5.76. The van der Waals surface area contributed by atoms with Crippen molar-refractivity contribution in [1.29, 1.82) is 0 Å². The van der Waals surface area contributed by atoms with Gasteiger partial charge in [0, 0.05) is 17.7 Å². The van der Waals surface area contributed by atoms with Gasteiger partial charge in [-0.2, -0.15) is 0 Å². The van der Waals surface area contributed by atoms with E-state index in [9.17, 15) is 4.79 Å². The lowest BCUT2D eigenvalue weighted by Crippen LogP contribution is -2.30. The summed E-state index contributed by atoms with van der Waals surface area (Å²) in [6.07, 6.45) is 0. The molecular weight excluding hydrogens is 210 g/mol. The highest BCUT2D eigenvalue weighted by atomic mass is 32.2. The Hall–Kier alpha value is -1.00. The molecule has 2 rings (SSSR count). The van der Waals surface area contributed by atoms with Crippen LogP contribution in [-0.4, -0.2) is 30.9 Å². The smallest absolute Gasteiger partial charge is 0.254 e. The predicted octanol–water partition coefficient (Wildman–Crippen LogP) is 1.90. The van der Waals surface area contributed by atoms with Crippen LogP contribution in [0.4, 0.5) is 0 Å². The maximum atomic E-state index is 11.9. The van der Waals surface area contributed by atoms with Crippen molar-refractivity contribution in [3.63, 3.8) is 0 Å². The normalized spacial score (nSPS) is 18.7. The Morgan fingerprint density at radius 3 is 3.00 bits per heavy atom. The largest absolute Gasteiger partial charge is 0.275 e. The summed E-state index contributed by atoms with van der Waals surface area (Å²) in [7, 11) is 3.15. The number of benzene rings is 1. The van der Waals surface area contributed by atoms with Crippen molar-refractivity contribution < 1.29 is 9.63 Å². The Balaban J connectivity index is 2.24. The lowest BCUT2D eigenvalue weighted by atomic mass is 10.0. The van der Waals surface area contributed by atoms with E-state index in [1.165, 1.54) is 17.1 Å². The minimum atomic E-state index is -0.0591. The van der Waals surface area contributed by atoms with Gasteiger partial charge in [-0.15, -0.1) is 11.8 Å². The molecule has 80 valence electrons. The minimum absolute atomic E-state index is 0.0231. The number of hydrogen-bond acceptors (Lipinski definition) is 3. The number of amides is 1. The molecule has 1 amide bonds. The Kier molecular flexibility index (Phi) is 2.98. The summed E-state index contributed by atoms with van der Waals surface area (Å²) in [6, 6.07) is 8.04. The van der Waals surface area contributed by atoms with E-state index in [0.717, 1.165) is 11.3 Å². The number of hydroxylamine groups is 2. The lowest BCUT2D eigenvalue weighted by Gasteiger charge is -2.18. The summed E-state index contributed by atoms with van der Waals surface area (Å²) in [4.78, 5) is 18.0. The Morgan fingerprint density at radius 2 is 2.27 bits per heavy atom. The van der Waals surface area contributed by atoms with Crippen LogP contribution >= 0.6 is 11.8 Å². The SMILES string of the molecule is CON(C)C(=O)C1CSc2ccccc21. The number of hydrogen-bond donors (Lipinski definition) is 0. The number of rotatable bonds is 2. The molecule has 0 aliphatic carbocycles. The molecule has 1 atom stereocenters. The molecule has 1 unspecified atom stereocenters. The molecule has 1 aliphatic heterocycles. The minimum Gasteiger partial charge on any atom is -0.275 e. The zero-order valence-electron chi connectivity index (χ0n) is 8.77. The number of thioether (sulfide) groups is 1. The summed E-state index contributed by atoms with van der Waals surface area (Å²) in [5.41, 5.74) is 1.12. The van der Waals surface area contributed by atoms with E-state index in [-0.39, 0.29) is 11.8 Å². The number of fused-ring (bicyclic) bond motifs is 1. The first kappa shape index (κ1) is 10.5. The zero-order chi connectivity index (χ0) is 10.8. The third kappa shape index (κ3) is 1.87. The molecule has 0 N–H and O–H groups in total. The molecule has 0 fully saturated rings. The van der Waals surface area contributed by atoms with Crippen molar-refractivity contribution in [2.45, 2.75) is 10.8 Å². The number of nitrogens with zero attached hydrogens (tertiary/aromatic N) is 1. The van der Waals surface area contributed by atoms with Gasteiger partial charge in [-0.25, -0.2) is 5.06 Å². The van der Waals surface area contributed by atoms with Crippen molar-refractivity contribution >= 4 is 17.7 Å². The molecule has 1 aromatic rings. The second-order valence-electron chi connectivity index (χ2n) is 3.42. The van der Waals surface area contributed by atoms with Gasteiger partial charge in [-0.1, -0.05) is 18.2 Å². The van der Waals surface area contributed by atoms with E-state index in [1.807, 2.05) is 18.2 Å². The molecule has 3 nitrogen and oxygen atoms in total. The fourth-order valence-electron chi connectivity index (χ4n) is 1.68. The van der Waals surface area contributed by atoms with Crippen molar-refractivity contribution in [3.8, 4) is 0 Å². The highest BCUT2D eigenvalue weighted by Gasteiger charge is 2.31. The van der Waals surface area contributed by atoms with Gasteiger partial charge in [-0.3, -0.25) is 9.63 Å². The summed E-state index contributed by atoms with van der Waals surface area (Å²) in [6.45, 7) is 0. The predicted molar refractivity (Wildman–Crippen MR) is 59.7 cm³/mol. The summed E-state index contributed by atoms with van der Waals surface area (Å²) in [5, 5.41) is 1.30. The van der Waals surface area contributed by atoms with Crippen molar-refractivity contribution in [3.05, 3.63) is 29.8 Å². The molecule has 4 heteroatoms. The van der Waals surface area contributed by atoms with E-state index in [0.29, 0.717) is 0 Å². The highest BCUT2D eigenvalue weighted by molar-refractivity contribution is 7.99. The van der Waals surface area contributed by atoms with Gasteiger partial charge in [0.15, 0.2) is 0 Å². The summed E-state index contributed by atoms with van der Waals surface area (Å²) < 4.78 is 0. The van der Waals surface area contributed by atoms with Crippen molar-refractivity contribution in [2.75, 3.05) is 19.9 Å². The molecule has 0 aromatic heterocycles. The third-order valence-electron chi connectivity index (χ3n) is 2.58. The summed E-state index contributed by atoms with van der Waals surface area (Å²) in [5.74, 6) is 0.775. The topological polar surface area (TPSA) is 29.5 Å². The molecule has 15 heavy (non-hydrogen) atoms. The monoisotopic (exact) mass is 223 g/mol. The van der Waals surface area contributed by atoms with Crippen molar-refractivity contribution in [2.24, 2.45) is 0 Å². The van der Waals surface area contributed by atoms with Gasteiger partial charge in [0.25, 0.3) is 5.91 Å². The first-order chi connectivity index (χ1) is 7.24. The molecular formula is C11H13NO2S. The van der Waals surface area contributed by atoms with Crippen LogP contribution in [0.3, 0.4) is 0 Å². The average Bonchev–Trinajstić information content (AvgIpc) is 2.70. The van der Waals surface area contributed by atoms with Gasteiger partial charge in [0.1, 0.15) is 0 Å². The van der Waals surface area contributed by atoms with Crippen LogP contribution < -0.4 is 0 Å². The van der Waals surface area contributed by atoms with Gasteiger partial charge in [-0.05, 0) is 11.6 Å². The molecule has 0 saturated carbocycles. The molecule has 0 radical (unpaired) electrons. The average molecular weight is 223 g/mol. The first-order valence-electron chi connectivity index (χ1n) is 4.77. The molecule has 0 spiro atoms. The second-order valence-corrected chi connectivity index (χ2v) is 4.48. The highest BCUT2D eigenvalue weighted by Crippen LogP contribution is 2.39. The van der Waals surface area contributed by atoms with Crippen LogP contribution in [0.1, 0.15) is 11.5 Å². The summed E-state index contributed by atoms with van der Waals surface area (Å²) >= 11 is 1.73.